The van der Waals surface area contributed by atoms with Gasteiger partial charge in [0.1, 0.15) is 0 Å². The molecule has 23 heavy (non-hydrogen) atoms. The van der Waals surface area contributed by atoms with Crippen LogP contribution in [0.2, 0.25) is 0 Å². The summed E-state index contributed by atoms with van der Waals surface area (Å²) in [6.45, 7) is 2.29. The van der Waals surface area contributed by atoms with Crippen LogP contribution in [0.15, 0.2) is 29.2 Å². The summed E-state index contributed by atoms with van der Waals surface area (Å²) < 4.78 is 22.8. The molecule has 1 atom stereocenters. The zero-order valence-corrected chi connectivity index (χ0v) is 14.2. The molecule has 8 nitrogen and oxygen atoms in total. The molecule has 0 aliphatic rings. The maximum atomic E-state index is 11.6. The second kappa shape index (κ2) is 8.04. The fourth-order valence-corrected chi connectivity index (χ4v) is 2.50. The van der Waals surface area contributed by atoms with Crippen molar-refractivity contribution in [1.29, 1.82) is 0 Å². The van der Waals surface area contributed by atoms with E-state index >= 15 is 0 Å². The van der Waals surface area contributed by atoms with E-state index in [4.69, 9.17) is 5.14 Å². The minimum Gasteiger partial charge on any atom is -0.341 e. The van der Waals surface area contributed by atoms with E-state index in [0.29, 0.717) is 6.54 Å². The van der Waals surface area contributed by atoms with E-state index in [9.17, 15) is 18.0 Å². The number of amides is 3. The summed E-state index contributed by atoms with van der Waals surface area (Å²) in [6, 6.07) is 5.69. The van der Waals surface area contributed by atoms with Gasteiger partial charge in [-0.05, 0) is 31.7 Å². The van der Waals surface area contributed by atoms with Gasteiger partial charge in [-0.1, -0.05) is 12.1 Å². The Labute approximate surface area is 136 Å². The Morgan fingerprint density at radius 2 is 2.00 bits per heavy atom. The Bertz CT molecular complexity index is 675. The molecule has 4 N–H and O–H groups in total. The van der Waals surface area contributed by atoms with E-state index in [0.717, 1.165) is 5.56 Å². The topological polar surface area (TPSA) is 122 Å². The maximum absolute atomic E-state index is 11.6. The summed E-state index contributed by atoms with van der Waals surface area (Å²) in [5.41, 5.74) is 0.769. The van der Waals surface area contributed by atoms with Crippen molar-refractivity contribution >= 4 is 22.0 Å². The van der Waals surface area contributed by atoms with Crippen molar-refractivity contribution in [3.63, 3.8) is 0 Å². The summed E-state index contributed by atoms with van der Waals surface area (Å²) in [6.07, 6.45) is 0.142. The zero-order valence-electron chi connectivity index (χ0n) is 13.4. The first kappa shape index (κ1) is 19.1. The molecule has 3 amide bonds. The number of nitrogens with two attached hydrogens (primary N) is 1. The Morgan fingerprint density at radius 3 is 2.57 bits per heavy atom. The van der Waals surface area contributed by atoms with E-state index in [1.54, 1.807) is 12.1 Å². The molecule has 0 aliphatic carbocycles. The number of rotatable bonds is 6. The van der Waals surface area contributed by atoms with Crippen LogP contribution >= 0.6 is 0 Å². The fraction of sp³-hybridized carbons (Fsp3) is 0.429. The molecular formula is C14H22N4O4S. The van der Waals surface area contributed by atoms with Crippen LogP contribution in [0, 0.1) is 0 Å². The van der Waals surface area contributed by atoms with E-state index < -0.39 is 16.1 Å². The number of carbonyl (C=O) groups is 2. The molecule has 9 heteroatoms. The molecule has 0 heterocycles. The standard InChI is InChI=1S/C14H22N4O4S/c1-10(11-5-4-6-12(9-11)23(15,21)22)18(3)8-7-13(19)17-14(20)16-2/h4-6,9-10H,7-8H2,1-3H3,(H2,15,21,22)(H2,16,17,19,20)/t10-/m1/s1. The predicted octanol–water partition coefficient (Wildman–Crippen LogP) is 0.173. The van der Waals surface area contributed by atoms with Gasteiger partial charge >= 0.3 is 6.03 Å². The lowest BCUT2D eigenvalue weighted by Crippen LogP contribution is -2.39. The second-order valence-corrected chi connectivity index (χ2v) is 6.71. The van der Waals surface area contributed by atoms with Crippen LogP contribution in [0.5, 0.6) is 0 Å². The van der Waals surface area contributed by atoms with Gasteiger partial charge in [-0.25, -0.2) is 18.4 Å². The highest BCUT2D eigenvalue weighted by molar-refractivity contribution is 7.89. The number of nitrogens with zero attached hydrogens (tertiary/aromatic N) is 1. The van der Waals surface area contributed by atoms with E-state index in [-0.39, 0.29) is 23.3 Å². The normalized spacial score (nSPS) is 12.7. The number of nitrogens with one attached hydrogen (secondary N) is 2. The minimum atomic E-state index is -3.75. The number of hydrogen-bond acceptors (Lipinski definition) is 5. The van der Waals surface area contributed by atoms with Gasteiger partial charge in [0.05, 0.1) is 4.90 Å². The molecule has 0 unspecified atom stereocenters. The molecule has 0 aliphatic heterocycles. The molecule has 1 rings (SSSR count). The molecule has 0 saturated carbocycles. The van der Waals surface area contributed by atoms with Gasteiger partial charge in [0.2, 0.25) is 15.9 Å². The van der Waals surface area contributed by atoms with E-state index in [1.807, 2.05) is 18.9 Å². The second-order valence-electron chi connectivity index (χ2n) is 5.15. The fourth-order valence-electron chi connectivity index (χ4n) is 1.93. The third-order valence-corrected chi connectivity index (χ3v) is 4.41. The maximum Gasteiger partial charge on any atom is 0.321 e. The molecule has 128 valence electrons. The van der Waals surface area contributed by atoms with Crippen LogP contribution in [-0.2, 0) is 14.8 Å². The van der Waals surface area contributed by atoms with Crippen molar-refractivity contribution in [1.82, 2.24) is 15.5 Å². The average Bonchev–Trinajstić information content (AvgIpc) is 2.51. The van der Waals surface area contributed by atoms with Gasteiger partial charge in [0.15, 0.2) is 0 Å². The number of sulfonamides is 1. The summed E-state index contributed by atoms with van der Waals surface area (Å²) in [5.74, 6) is -0.387. The van der Waals surface area contributed by atoms with E-state index in [2.05, 4.69) is 10.6 Å². The van der Waals surface area contributed by atoms with Crippen LogP contribution in [0.4, 0.5) is 4.79 Å². The van der Waals surface area contributed by atoms with Crippen molar-refractivity contribution in [3.8, 4) is 0 Å². The Morgan fingerprint density at radius 1 is 1.35 bits per heavy atom. The summed E-state index contributed by atoms with van der Waals surface area (Å²) in [4.78, 5) is 24.5. The lowest BCUT2D eigenvalue weighted by molar-refractivity contribution is -0.120. The highest BCUT2D eigenvalue weighted by Crippen LogP contribution is 2.21. The largest absolute Gasteiger partial charge is 0.341 e. The predicted molar refractivity (Wildman–Crippen MR) is 86.1 cm³/mol. The van der Waals surface area contributed by atoms with Crippen LogP contribution in [0.25, 0.3) is 0 Å². The van der Waals surface area contributed by atoms with E-state index in [1.165, 1.54) is 19.2 Å². The first-order valence-electron chi connectivity index (χ1n) is 6.99. The molecular weight excluding hydrogens is 320 g/mol. The van der Waals surface area contributed by atoms with Gasteiger partial charge in [-0.2, -0.15) is 0 Å². The minimum absolute atomic E-state index is 0.0487. The Kier molecular flexibility index (Phi) is 6.67. The number of primary sulfonamides is 1. The lowest BCUT2D eigenvalue weighted by Gasteiger charge is -2.25. The van der Waals surface area contributed by atoms with Crippen molar-refractivity contribution in [2.45, 2.75) is 24.3 Å². The molecule has 1 aromatic carbocycles. The Balaban J connectivity index is 2.68. The highest BCUT2D eigenvalue weighted by Gasteiger charge is 2.16. The van der Waals surface area contributed by atoms with Gasteiger partial charge in [0.25, 0.3) is 0 Å². The molecule has 0 fully saturated rings. The molecule has 1 aromatic rings. The van der Waals surface area contributed by atoms with Crippen molar-refractivity contribution in [3.05, 3.63) is 29.8 Å². The highest BCUT2D eigenvalue weighted by atomic mass is 32.2. The van der Waals surface area contributed by atoms with Gasteiger partial charge in [-0.15, -0.1) is 0 Å². The summed E-state index contributed by atoms with van der Waals surface area (Å²) in [5, 5.41) is 9.61. The molecule has 0 spiro atoms. The SMILES string of the molecule is CNC(=O)NC(=O)CCN(C)[C@H](C)c1cccc(S(N)(=O)=O)c1. The number of urea groups is 1. The number of hydrogen-bond donors (Lipinski definition) is 3. The molecule has 0 aromatic heterocycles. The average molecular weight is 342 g/mol. The molecule has 0 bridgehead atoms. The number of benzene rings is 1. The van der Waals surface area contributed by atoms with Gasteiger partial charge in [-0.3, -0.25) is 15.0 Å². The first-order chi connectivity index (χ1) is 10.6. The first-order valence-corrected chi connectivity index (χ1v) is 8.54. The van der Waals surface area contributed by atoms with Crippen molar-refractivity contribution in [2.24, 2.45) is 5.14 Å². The third kappa shape index (κ3) is 5.97. The van der Waals surface area contributed by atoms with Gasteiger partial charge < -0.3 is 5.32 Å². The van der Waals surface area contributed by atoms with Gasteiger partial charge in [0, 0.05) is 26.1 Å². The summed E-state index contributed by atoms with van der Waals surface area (Å²) >= 11 is 0. The molecule has 0 saturated heterocycles. The Hall–Kier alpha value is -1.97. The monoisotopic (exact) mass is 342 g/mol. The van der Waals surface area contributed by atoms with Crippen LogP contribution in [0.3, 0.4) is 0 Å². The number of carbonyl (C=O) groups excluding carboxylic acids is 2. The van der Waals surface area contributed by atoms with Crippen molar-refractivity contribution in [2.75, 3.05) is 20.6 Å². The van der Waals surface area contributed by atoms with Crippen LogP contribution < -0.4 is 15.8 Å². The third-order valence-electron chi connectivity index (χ3n) is 3.50. The van der Waals surface area contributed by atoms with Crippen molar-refractivity contribution < 1.29 is 18.0 Å². The van der Waals surface area contributed by atoms with Crippen LogP contribution in [0.1, 0.15) is 24.9 Å². The summed E-state index contributed by atoms with van der Waals surface area (Å²) in [7, 11) is -0.521. The lowest BCUT2D eigenvalue weighted by atomic mass is 10.1. The smallest absolute Gasteiger partial charge is 0.321 e. The number of imide groups is 1. The quantitative estimate of drug-likeness (QED) is 0.680. The molecule has 0 radical (unpaired) electrons. The zero-order chi connectivity index (χ0) is 17.6. The van der Waals surface area contributed by atoms with Crippen LogP contribution in [-0.4, -0.2) is 45.9 Å².